The molecular weight excluding hydrogens is 693 g/mol. The summed E-state index contributed by atoms with van der Waals surface area (Å²) in [5.74, 6) is 0. The maximum Gasteiger partial charge on any atom is 0.137 e. The lowest BCUT2D eigenvalue weighted by atomic mass is 9.96. The van der Waals surface area contributed by atoms with E-state index < -0.39 is 0 Å². The normalized spacial score (nSPS) is 11.5. The maximum absolute atomic E-state index is 6.44. The molecule has 0 spiro atoms. The molecule has 0 aliphatic rings. The summed E-state index contributed by atoms with van der Waals surface area (Å²) < 4.78 is 8.85. The van der Waals surface area contributed by atoms with Crippen LogP contribution in [0.3, 0.4) is 0 Å². The monoisotopic (exact) mass is 728 g/mol. The third kappa shape index (κ3) is 5.68. The predicted molar refractivity (Wildman–Crippen MR) is 239 cm³/mol. The van der Waals surface area contributed by atoms with E-state index >= 15 is 0 Å². The third-order valence-electron chi connectivity index (χ3n) is 11.2. The molecule has 0 saturated heterocycles. The van der Waals surface area contributed by atoms with Gasteiger partial charge < -0.3 is 13.9 Å². The molecule has 57 heavy (non-hydrogen) atoms. The average molecular weight is 729 g/mol. The van der Waals surface area contributed by atoms with Crippen molar-refractivity contribution >= 4 is 60.8 Å². The first-order valence-electron chi connectivity index (χ1n) is 19.4. The highest BCUT2D eigenvalue weighted by molar-refractivity contribution is 6.16. The molecule has 0 N–H and O–H groups in total. The van der Waals surface area contributed by atoms with Gasteiger partial charge in [-0.3, -0.25) is 0 Å². The molecule has 9 aromatic carbocycles. The van der Waals surface area contributed by atoms with Crippen LogP contribution in [0, 0.1) is 0 Å². The zero-order valence-corrected chi connectivity index (χ0v) is 31.1. The van der Waals surface area contributed by atoms with Crippen molar-refractivity contribution in [3.63, 3.8) is 0 Å². The molecule has 0 fully saturated rings. The summed E-state index contributed by atoms with van der Waals surface area (Å²) in [7, 11) is 0. The summed E-state index contributed by atoms with van der Waals surface area (Å²) in [4.78, 5) is 2.35. The van der Waals surface area contributed by atoms with Crippen LogP contribution in [0.15, 0.2) is 223 Å². The molecule has 0 unspecified atom stereocenters. The van der Waals surface area contributed by atoms with Gasteiger partial charge >= 0.3 is 0 Å². The van der Waals surface area contributed by atoms with E-state index in [9.17, 15) is 0 Å². The van der Waals surface area contributed by atoms with Crippen LogP contribution >= 0.6 is 0 Å². The van der Waals surface area contributed by atoms with E-state index in [1.807, 2.05) is 12.1 Å². The van der Waals surface area contributed by atoms with Gasteiger partial charge in [-0.25, -0.2) is 0 Å². The van der Waals surface area contributed by atoms with Gasteiger partial charge in [-0.1, -0.05) is 146 Å². The quantitative estimate of drug-likeness (QED) is 0.163. The molecule has 2 aromatic heterocycles. The molecule has 3 nitrogen and oxygen atoms in total. The first-order chi connectivity index (χ1) is 28.3. The molecule has 0 atom stereocenters. The van der Waals surface area contributed by atoms with Crippen molar-refractivity contribution in [2.45, 2.75) is 0 Å². The minimum atomic E-state index is 0.862. The van der Waals surface area contributed by atoms with Gasteiger partial charge in [0.1, 0.15) is 11.2 Å². The second kappa shape index (κ2) is 13.6. The topological polar surface area (TPSA) is 21.3 Å². The van der Waals surface area contributed by atoms with Gasteiger partial charge in [-0.05, 0) is 100 Å². The Morgan fingerprint density at radius 1 is 0.333 bits per heavy atom. The van der Waals surface area contributed by atoms with Crippen molar-refractivity contribution in [2.75, 3.05) is 4.90 Å². The molecule has 2 heterocycles. The first-order valence-corrected chi connectivity index (χ1v) is 19.4. The summed E-state index contributed by atoms with van der Waals surface area (Å²) in [6.45, 7) is 0. The number of para-hydroxylation sites is 2. The summed E-state index contributed by atoms with van der Waals surface area (Å²) >= 11 is 0. The summed E-state index contributed by atoms with van der Waals surface area (Å²) in [6.07, 6.45) is 0. The molecule has 11 rings (SSSR count). The Morgan fingerprint density at radius 2 is 0.895 bits per heavy atom. The van der Waals surface area contributed by atoms with Gasteiger partial charge in [-0.2, -0.15) is 0 Å². The van der Waals surface area contributed by atoms with E-state index in [1.165, 1.54) is 49.7 Å². The lowest BCUT2D eigenvalue weighted by Crippen LogP contribution is -2.10. The number of benzene rings is 9. The summed E-state index contributed by atoms with van der Waals surface area (Å²) in [6, 6.07) is 78.1. The second-order valence-corrected chi connectivity index (χ2v) is 14.5. The molecule has 0 saturated carbocycles. The molecule has 0 aliphatic carbocycles. The predicted octanol–water partition coefficient (Wildman–Crippen LogP) is 15.2. The highest BCUT2D eigenvalue weighted by atomic mass is 16.3. The van der Waals surface area contributed by atoms with Crippen LogP contribution in [0.4, 0.5) is 17.1 Å². The SMILES string of the molecule is c1ccc(-c2ccc(N(c3ccc4c(c3)oc3ccccc34)c3ccc4c5c(-c6cccc(-c7ccccc7)c6)cccc5n(-c5ccccc5)c4c3)cc2)cc1. The van der Waals surface area contributed by atoms with Gasteiger partial charge in [0.05, 0.1) is 11.0 Å². The molecule has 11 aromatic rings. The van der Waals surface area contributed by atoms with Gasteiger partial charge in [0.2, 0.25) is 0 Å². The second-order valence-electron chi connectivity index (χ2n) is 14.5. The Bertz CT molecular complexity index is 3220. The fraction of sp³-hybridized carbons (Fsp3) is 0. The number of fused-ring (bicyclic) bond motifs is 6. The van der Waals surface area contributed by atoms with Crippen molar-refractivity contribution in [2.24, 2.45) is 0 Å². The molecule has 0 aliphatic heterocycles. The molecule has 0 bridgehead atoms. The zero-order chi connectivity index (χ0) is 37.7. The largest absolute Gasteiger partial charge is 0.456 e. The van der Waals surface area contributed by atoms with Crippen LogP contribution < -0.4 is 4.90 Å². The van der Waals surface area contributed by atoms with E-state index in [4.69, 9.17) is 4.42 Å². The van der Waals surface area contributed by atoms with E-state index in [0.717, 1.165) is 50.2 Å². The average Bonchev–Trinajstić information content (AvgIpc) is 3.83. The van der Waals surface area contributed by atoms with E-state index in [2.05, 4.69) is 216 Å². The van der Waals surface area contributed by atoms with Crippen LogP contribution in [0.2, 0.25) is 0 Å². The number of anilines is 3. The fourth-order valence-corrected chi connectivity index (χ4v) is 8.52. The Labute approximate surface area is 330 Å². The summed E-state index contributed by atoms with van der Waals surface area (Å²) in [5.41, 5.74) is 15.5. The molecule has 0 radical (unpaired) electrons. The highest BCUT2D eigenvalue weighted by Crippen LogP contribution is 2.44. The van der Waals surface area contributed by atoms with Gasteiger partial charge in [-0.15, -0.1) is 0 Å². The van der Waals surface area contributed by atoms with Crippen molar-refractivity contribution in [3.8, 4) is 39.1 Å². The van der Waals surface area contributed by atoms with Crippen LogP contribution in [0.25, 0.3) is 82.8 Å². The highest BCUT2D eigenvalue weighted by Gasteiger charge is 2.21. The van der Waals surface area contributed by atoms with Crippen molar-refractivity contribution in [3.05, 3.63) is 218 Å². The van der Waals surface area contributed by atoms with Crippen LogP contribution in [-0.2, 0) is 0 Å². The van der Waals surface area contributed by atoms with Gasteiger partial charge in [0, 0.05) is 50.4 Å². The Hall–Kier alpha value is -7.62. The molecule has 3 heteroatoms. The number of rotatable bonds is 7. The number of hydrogen-bond donors (Lipinski definition) is 0. The smallest absolute Gasteiger partial charge is 0.137 e. The zero-order valence-electron chi connectivity index (χ0n) is 31.1. The van der Waals surface area contributed by atoms with Crippen molar-refractivity contribution < 1.29 is 4.42 Å². The van der Waals surface area contributed by atoms with Gasteiger partial charge in [0.15, 0.2) is 0 Å². The first kappa shape index (κ1) is 32.8. The number of aromatic nitrogens is 1. The van der Waals surface area contributed by atoms with E-state index in [1.54, 1.807) is 0 Å². The number of nitrogens with zero attached hydrogens (tertiary/aromatic N) is 2. The minimum Gasteiger partial charge on any atom is -0.456 e. The van der Waals surface area contributed by atoms with Crippen LogP contribution in [0.1, 0.15) is 0 Å². The standard InChI is InChI=1S/C54H36N2O/c1-4-14-37(15-5-1)39-26-28-43(29-27-39)55(45-30-32-48-47-22-10-11-25-52(47)57-53(48)36-45)44-31-33-49-51(35-44)56(42-20-8-3-9-21-42)50-24-13-23-46(54(49)50)41-19-12-18-40(34-41)38-16-6-2-7-17-38/h1-36H. The van der Waals surface area contributed by atoms with E-state index in [-0.39, 0.29) is 0 Å². The van der Waals surface area contributed by atoms with Crippen molar-refractivity contribution in [1.82, 2.24) is 4.57 Å². The molecule has 0 amide bonds. The number of furan rings is 1. The van der Waals surface area contributed by atoms with Crippen molar-refractivity contribution in [1.29, 1.82) is 0 Å². The minimum absolute atomic E-state index is 0.862. The van der Waals surface area contributed by atoms with Gasteiger partial charge in [0.25, 0.3) is 0 Å². The lowest BCUT2D eigenvalue weighted by Gasteiger charge is -2.26. The Morgan fingerprint density at radius 3 is 1.67 bits per heavy atom. The lowest BCUT2D eigenvalue weighted by molar-refractivity contribution is 0.669. The third-order valence-corrected chi connectivity index (χ3v) is 11.2. The number of hydrogen-bond acceptors (Lipinski definition) is 2. The van der Waals surface area contributed by atoms with E-state index in [0.29, 0.717) is 0 Å². The molecule has 268 valence electrons. The Balaban J connectivity index is 1.13. The fourth-order valence-electron chi connectivity index (χ4n) is 8.52. The maximum atomic E-state index is 6.44. The summed E-state index contributed by atoms with van der Waals surface area (Å²) in [5, 5.41) is 4.66. The van der Waals surface area contributed by atoms with Crippen LogP contribution in [0.5, 0.6) is 0 Å². The Kier molecular flexibility index (Phi) is 7.82. The molecular formula is C54H36N2O. The van der Waals surface area contributed by atoms with Crippen LogP contribution in [-0.4, -0.2) is 4.57 Å².